The third-order valence-corrected chi connectivity index (χ3v) is 2.00. The molecule has 0 saturated carbocycles. The number of fused-ring (bicyclic) bond motifs is 1. The van der Waals surface area contributed by atoms with Gasteiger partial charge in [-0.05, 0) is 24.4 Å². The summed E-state index contributed by atoms with van der Waals surface area (Å²) >= 11 is 4.87. The van der Waals surface area contributed by atoms with Crippen molar-refractivity contribution in [1.82, 2.24) is 9.97 Å². The predicted molar refractivity (Wildman–Crippen MR) is 50.0 cm³/mol. The molecule has 1 aromatic heterocycles. The van der Waals surface area contributed by atoms with E-state index in [0.29, 0.717) is 10.3 Å². The summed E-state index contributed by atoms with van der Waals surface area (Å²) in [5.74, 6) is -0.217. The molecule has 3 nitrogen and oxygen atoms in total. The molecule has 5 heteroatoms. The summed E-state index contributed by atoms with van der Waals surface area (Å²) in [7, 11) is 1.42. The highest BCUT2D eigenvalue weighted by atomic mass is 32.1. The number of imidazole rings is 1. The number of hydrogen-bond donors (Lipinski definition) is 2. The van der Waals surface area contributed by atoms with E-state index in [0.717, 1.165) is 5.52 Å². The fraction of sp³-hybridized carbons (Fsp3) is 0.125. The summed E-state index contributed by atoms with van der Waals surface area (Å²) in [5.41, 5.74) is 1.30. The molecule has 0 fully saturated rings. The summed E-state index contributed by atoms with van der Waals surface area (Å²) in [6.07, 6.45) is 0. The average molecular weight is 198 g/mol. The Labute approximate surface area is 78.5 Å². The number of halogens is 1. The SMILES string of the molecule is COc1c(F)ccc2[nH]c(=S)[nH]c12. The van der Waals surface area contributed by atoms with E-state index < -0.39 is 5.82 Å². The number of H-pyrrole nitrogens is 2. The summed E-state index contributed by atoms with van der Waals surface area (Å²) in [6.45, 7) is 0. The molecule has 0 unspecified atom stereocenters. The Hall–Kier alpha value is -1.36. The first-order valence-electron chi connectivity index (χ1n) is 3.67. The number of ether oxygens (including phenoxy) is 1. The monoisotopic (exact) mass is 198 g/mol. The van der Waals surface area contributed by atoms with Crippen LogP contribution in [0.1, 0.15) is 0 Å². The van der Waals surface area contributed by atoms with Gasteiger partial charge in [0.1, 0.15) is 5.52 Å². The van der Waals surface area contributed by atoms with Gasteiger partial charge in [0.05, 0.1) is 12.6 Å². The lowest BCUT2D eigenvalue weighted by atomic mass is 10.3. The number of benzene rings is 1. The van der Waals surface area contributed by atoms with Gasteiger partial charge in [0.25, 0.3) is 0 Å². The molecule has 0 atom stereocenters. The average Bonchev–Trinajstić information content (AvgIpc) is 2.45. The molecule has 1 heterocycles. The van der Waals surface area contributed by atoms with Gasteiger partial charge in [0.15, 0.2) is 16.3 Å². The molecule has 68 valence electrons. The number of rotatable bonds is 1. The highest BCUT2D eigenvalue weighted by molar-refractivity contribution is 7.71. The molecule has 0 aliphatic carbocycles. The number of methoxy groups -OCH3 is 1. The van der Waals surface area contributed by atoms with Crippen molar-refractivity contribution >= 4 is 23.3 Å². The van der Waals surface area contributed by atoms with Gasteiger partial charge in [-0.15, -0.1) is 0 Å². The molecular formula is C8H7FN2OS. The summed E-state index contributed by atoms with van der Waals surface area (Å²) < 4.78 is 18.5. The van der Waals surface area contributed by atoms with E-state index in [1.54, 1.807) is 6.07 Å². The van der Waals surface area contributed by atoms with Crippen LogP contribution in [-0.4, -0.2) is 17.1 Å². The van der Waals surface area contributed by atoms with Gasteiger partial charge in [-0.25, -0.2) is 4.39 Å². The van der Waals surface area contributed by atoms with Crippen molar-refractivity contribution < 1.29 is 9.13 Å². The summed E-state index contributed by atoms with van der Waals surface area (Å²) in [5, 5.41) is 0. The van der Waals surface area contributed by atoms with Crippen molar-refractivity contribution in [2.45, 2.75) is 0 Å². The van der Waals surface area contributed by atoms with Gasteiger partial charge >= 0.3 is 0 Å². The zero-order chi connectivity index (χ0) is 9.42. The second-order valence-corrected chi connectivity index (χ2v) is 2.99. The minimum absolute atomic E-state index is 0.185. The van der Waals surface area contributed by atoms with Gasteiger partial charge in [-0.3, -0.25) is 0 Å². The van der Waals surface area contributed by atoms with E-state index in [-0.39, 0.29) is 5.75 Å². The first-order chi connectivity index (χ1) is 6.22. The van der Waals surface area contributed by atoms with Crippen molar-refractivity contribution in [3.05, 3.63) is 22.7 Å². The number of hydrogen-bond acceptors (Lipinski definition) is 2. The van der Waals surface area contributed by atoms with E-state index in [9.17, 15) is 4.39 Å². The topological polar surface area (TPSA) is 40.8 Å². The van der Waals surface area contributed by atoms with Crippen LogP contribution < -0.4 is 4.74 Å². The minimum Gasteiger partial charge on any atom is -0.492 e. The molecule has 0 saturated heterocycles. The Morgan fingerprint density at radius 1 is 1.38 bits per heavy atom. The van der Waals surface area contributed by atoms with Crippen LogP contribution in [0.4, 0.5) is 4.39 Å². The van der Waals surface area contributed by atoms with Crippen LogP contribution in [0.15, 0.2) is 12.1 Å². The van der Waals surface area contributed by atoms with E-state index in [4.69, 9.17) is 17.0 Å². The molecule has 0 amide bonds. The van der Waals surface area contributed by atoms with Crippen molar-refractivity contribution in [3.63, 3.8) is 0 Å². The second-order valence-electron chi connectivity index (χ2n) is 2.58. The van der Waals surface area contributed by atoms with Gasteiger partial charge in [-0.1, -0.05) is 0 Å². The standard InChI is InChI=1S/C8H7FN2OS/c1-12-7-4(9)2-3-5-6(7)11-8(13)10-5/h2-3H,1H3,(H2,10,11,13). The van der Waals surface area contributed by atoms with E-state index >= 15 is 0 Å². The van der Waals surface area contributed by atoms with Crippen molar-refractivity contribution in [2.24, 2.45) is 0 Å². The van der Waals surface area contributed by atoms with E-state index in [2.05, 4.69) is 9.97 Å². The maximum absolute atomic E-state index is 13.1. The van der Waals surface area contributed by atoms with Crippen LogP contribution in [-0.2, 0) is 0 Å². The highest BCUT2D eigenvalue weighted by Crippen LogP contribution is 2.25. The quantitative estimate of drug-likeness (QED) is 0.691. The smallest absolute Gasteiger partial charge is 0.180 e. The molecule has 1 aromatic carbocycles. The Morgan fingerprint density at radius 3 is 2.85 bits per heavy atom. The molecule has 2 rings (SSSR count). The van der Waals surface area contributed by atoms with Crippen LogP contribution >= 0.6 is 12.2 Å². The first kappa shape index (κ1) is 8.25. The van der Waals surface area contributed by atoms with Crippen LogP contribution in [0.25, 0.3) is 11.0 Å². The van der Waals surface area contributed by atoms with E-state index in [1.165, 1.54) is 13.2 Å². The minimum atomic E-state index is -0.403. The fourth-order valence-corrected chi connectivity index (χ4v) is 1.46. The number of aromatic nitrogens is 2. The lowest BCUT2D eigenvalue weighted by Crippen LogP contribution is -1.88. The second kappa shape index (κ2) is 2.85. The molecule has 2 N–H and O–H groups in total. The maximum atomic E-state index is 13.1. The third-order valence-electron chi connectivity index (χ3n) is 1.80. The zero-order valence-electron chi connectivity index (χ0n) is 6.85. The number of nitrogens with one attached hydrogen (secondary N) is 2. The van der Waals surface area contributed by atoms with Gasteiger partial charge in [0, 0.05) is 0 Å². The Bertz CT molecular complexity index is 502. The molecule has 0 aliphatic rings. The normalized spacial score (nSPS) is 10.6. The van der Waals surface area contributed by atoms with Gasteiger partial charge in [-0.2, -0.15) is 0 Å². The van der Waals surface area contributed by atoms with Crippen LogP contribution in [0.3, 0.4) is 0 Å². The van der Waals surface area contributed by atoms with Gasteiger partial charge in [0.2, 0.25) is 0 Å². The van der Waals surface area contributed by atoms with Crippen LogP contribution in [0.2, 0.25) is 0 Å². The largest absolute Gasteiger partial charge is 0.492 e. The predicted octanol–water partition coefficient (Wildman–Crippen LogP) is 2.37. The lowest BCUT2D eigenvalue weighted by Gasteiger charge is -2.01. The van der Waals surface area contributed by atoms with Crippen LogP contribution in [0.5, 0.6) is 5.75 Å². The lowest BCUT2D eigenvalue weighted by molar-refractivity contribution is 0.391. The van der Waals surface area contributed by atoms with Crippen molar-refractivity contribution in [1.29, 1.82) is 0 Å². The molecule has 0 aliphatic heterocycles. The van der Waals surface area contributed by atoms with Crippen molar-refractivity contribution in [2.75, 3.05) is 7.11 Å². The molecular weight excluding hydrogens is 191 g/mol. The number of aromatic amines is 2. The molecule has 13 heavy (non-hydrogen) atoms. The molecule has 0 radical (unpaired) electrons. The molecule has 2 aromatic rings. The Balaban J connectivity index is 2.90. The maximum Gasteiger partial charge on any atom is 0.180 e. The van der Waals surface area contributed by atoms with Crippen LogP contribution in [0, 0.1) is 10.6 Å². The highest BCUT2D eigenvalue weighted by Gasteiger charge is 2.08. The molecule has 0 spiro atoms. The van der Waals surface area contributed by atoms with Gasteiger partial charge < -0.3 is 14.7 Å². The van der Waals surface area contributed by atoms with E-state index in [1.807, 2.05) is 0 Å². The van der Waals surface area contributed by atoms with Crippen molar-refractivity contribution in [3.8, 4) is 5.75 Å². The third kappa shape index (κ3) is 1.21. The Morgan fingerprint density at radius 2 is 2.15 bits per heavy atom. The summed E-state index contributed by atoms with van der Waals surface area (Å²) in [4.78, 5) is 5.69. The first-order valence-corrected chi connectivity index (χ1v) is 4.07. The summed E-state index contributed by atoms with van der Waals surface area (Å²) in [6, 6.07) is 2.94. The molecule has 0 bridgehead atoms. The Kier molecular flexibility index (Phi) is 1.81. The zero-order valence-corrected chi connectivity index (χ0v) is 7.67. The fourth-order valence-electron chi connectivity index (χ4n) is 1.25.